The van der Waals surface area contributed by atoms with Crippen LogP contribution < -0.4 is 0 Å². The number of piperidine rings is 1. The summed E-state index contributed by atoms with van der Waals surface area (Å²) in [5.74, 6) is 0.299. The topological polar surface area (TPSA) is 47.0 Å². The van der Waals surface area contributed by atoms with Crippen LogP contribution in [-0.4, -0.2) is 84.7 Å². The fraction of sp³-hybridized carbons (Fsp3) is 0.682. The van der Waals surface area contributed by atoms with Gasteiger partial charge in [-0.1, -0.05) is 12.1 Å². The lowest BCUT2D eigenvalue weighted by molar-refractivity contribution is -0.133. The average molecular weight is 392 g/mol. The van der Waals surface area contributed by atoms with Crippen molar-refractivity contribution in [2.45, 2.75) is 38.6 Å². The first-order valence-electron chi connectivity index (χ1n) is 10.5. The van der Waals surface area contributed by atoms with Gasteiger partial charge in [0.1, 0.15) is 5.82 Å². The van der Waals surface area contributed by atoms with E-state index >= 15 is 0 Å². The van der Waals surface area contributed by atoms with Crippen molar-refractivity contribution in [3.05, 3.63) is 35.1 Å². The van der Waals surface area contributed by atoms with Gasteiger partial charge in [0.2, 0.25) is 5.91 Å². The largest absolute Gasteiger partial charge is 0.396 e. The molecule has 2 aliphatic rings. The highest BCUT2D eigenvalue weighted by molar-refractivity contribution is 5.79. The predicted octanol–water partition coefficient (Wildman–Crippen LogP) is 1.91. The van der Waals surface area contributed by atoms with E-state index < -0.39 is 0 Å². The SMILES string of the molecule is Cc1cc(CC(=O)N2CC[C@H](N3CCN(C)CC3)[C@H](CCCO)C2)ccc1F. The van der Waals surface area contributed by atoms with Crippen molar-refractivity contribution in [1.29, 1.82) is 0 Å². The van der Waals surface area contributed by atoms with Crippen LogP contribution in [0.5, 0.6) is 0 Å². The summed E-state index contributed by atoms with van der Waals surface area (Å²) in [4.78, 5) is 19.8. The van der Waals surface area contributed by atoms with E-state index in [1.165, 1.54) is 6.07 Å². The third kappa shape index (κ3) is 5.31. The van der Waals surface area contributed by atoms with Crippen molar-refractivity contribution in [1.82, 2.24) is 14.7 Å². The molecule has 2 atom stereocenters. The van der Waals surface area contributed by atoms with Gasteiger partial charge in [0.05, 0.1) is 6.42 Å². The van der Waals surface area contributed by atoms with Crippen molar-refractivity contribution in [3.63, 3.8) is 0 Å². The maximum Gasteiger partial charge on any atom is 0.227 e. The van der Waals surface area contributed by atoms with E-state index in [0.717, 1.165) is 64.1 Å². The number of halogens is 1. The Labute approximate surface area is 168 Å². The van der Waals surface area contributed by atoms with Gasteiger partial charge in [-0.25, -0.2) is 4.39 Å². The zero-order valence-corrected chi connectivity index (χ0v) is 17.2. The molecule has 0 spiro atoms. The molecular formula is C22H34FN3O2. The fourth-order valence-corrected chi connectivity index (χ4v) is 4.62. The summed E-state index contributed by atoms with van der Waals surface area (Å²) >= 11 is 0. The molecule has 2 aliphatic heterocycles. The summed E-state index contributed by atoms with van der Waals surface area (Å²) in [6.07, 6.45) is 3.06. The summed E-state index contributed by atoms with van der Waals surface area (Å²) < 4.78 is 13.5. The van der Waals surface area contributed by atoms with Crippen LogP contribution in [0.2, 0.25) is 0 Å². The molecule has 1 aromatic rings. The Morgan fingerprint density at radius 3 is 2.64 bits per heavy atom. The lowest BCUT2D eigenvalue weighted by Gasteiger charge is -2.46. The summed E-state index contributed by atoms with van der Waals surface area (Å²) in [5, 5.41) is 9.32. The van der Waals surface area contributed by atoms with Gasteiger partial charge in [-0.05, 0) is 56.3 Å². The number of aryl methyl sites for hydroxylation is 1. The molecule has 0 aromatic heterocycles. The Balaban J connectivity index is 1.62. The number of aliphatic hydroxyl groups is 1. The molecule has 0 unspecified atom stereocenters. The van der Waals surface area contributed by atoms with Gasteiger partial charge < -0.3 is 14.9 Å². The van der Waals surface area contributed by atoms with Crippen molar-refractivity contribution in [3.8, 4) is 0 Å². The van der Waals surface area contributed by atoms with E-state index in [4.69, 9.17) is 0 Å². The zero-order valence-electron chi connectivity index (χ0n) is 17.2. The van der Waals surface area contributed by atoms with Crippen LogP contribution in [0.25, 0.3) is 0 Å². The van der Waals surface area contributed by atoms with E-state index in [-0.39, 0.29) is 18.3 Å². The summed E-state index contributed by atoms with van der Waals surface area (Å²) in [5.41, 5.74) is 1.46. The number of likely N-dealkylation sites (tertiary alicyclic amines) is 1. The van der Waals surface area contributed by atoms with Gasteiger partial charge in [-0.15, -0.1) is 0 Å². The Kier molecular flexibility index (Phi) is 7.43. The Hall–Kier alpha value is -1.50. The van der Waals surface area contributed by atoms with E-state index in [9.17, 15) is 14.3 Å². The van der Waals surface area contributed by atoms with Crippen molar-refractivity contribution in [2.75, 3.05) is 52.9 Å². The van der Waals surface area contributed by atoms with Gasteiger partial charge in [0, 0.05) is 51.9 Å². The number of likely N-dealkylation sites (N-methyl/N-ethyl adjacent to an activating group) is 1. The number of benzene rings is 1. The van der Waals surface area contributed by atoms with Gasteiger partial charge in [-0.2, -0.15) is 0 Å². The highest BCUT2D eigenvalue weighted by Crippen LogP contribution is 2.27. The zero-order chi connectivity index (χ0) is 20.1. The molecule has 6 heteroatoms. The van der Waals surface area contributed by atoms with Gasteiger partial charge in [0.15, 0.2) is 0 Å². The molecule has 2 fully saturated rings. The summed E-state index contributed by atoms with van der Waals surface area (Å²) in [6.45, 7) is 7.83. The molecule has 1 aromatic carbocycles. The minimum absolute atomic E-state index is 0.122. The minimum atomic E-state index is -0.228. The molecule has 0 saturated carbocycles. The molecule has 0 radical (unpaired) electrons. The first-order chi connectivity index (χ1) is 13.5. The molecule has 28 heavy (non-hydrogen) atoms. The first kappa shape index (κ1) is 21.2. The molecular weight excluding hydrogens is 357 g/mol. The highest BCUT2D eigenvalue weighted by atomic mass is 19.1. The number of amides is 1. The van der Waals surface area contributed by atoms with Crippen LogP contribution in [0.4, 0.5) is 4.39 Å². The first-order valence-corrected chi connectivity index (χ1v) is 10.5. The Bertz CT molecular complexity index is 661. The second kappa shape index (κ2) is 9.81. The average Bonchev–Trinajstić information content (AvgIpc) is 2.69. The van der Waals surface area contributed by atoms with Crippen LogP contribution in [-0.2, 0) is 11.2 Å². The second-order valence-corrected chi connectivity index (χ2v) is 8.42. The van der Waals surface area contributed by atoms with Crippen LogP contribution in [0.3, 0.4) is 0 Å². The number of hydrogen-bond acceptors (Lipinski definition) is 4. The number of carbonyl (C=O) groups is 1. The Morgan fingerprint density at radius 1 is 1.21 bits per heavy atom. The van der Waals surface area contributed by atoms with Crippen molar-refractivity contribution < 1.29 is 14.3 Å². The molecule has 2 heterocycles. The van der Waals surface area contributed by atoms with E-state index in [1.807, 2.05) is 4.90 Å². The number of aliphatic hydroxyl groups excluding tert-OH is 1. The molecule has 5 nitrogen and oxygen atoms in total. The molecule has 0 aliphatic carbocycles. The fourth-order valence-electron chi connectivity index (χ4n) is 4.62. The maximum absolute atomic E-state index is 13.5. The second-order valence-electron chi connectivity index (χ2n) is 8.42. The molecule has 1 amide bonds. The monoisotopic (exact) mass is 391 g/mol. The number of rotatable bonds is 6. The molecule has 156 valence electrons. The van der Waals surface area contributed by atoms with E-state index in [2.05, 4.69) is 16.8 Å². The highest BCUT2D eigenvalue weighted by Gasteiger charge is 2.35. The molecule has 0 bridgehead atoms. The number of piperazine rings is 1. The smallest absolute Gasteiger partial charge is 0.227 e. The van der Waals surface area contributed by atoms with E-state index in [1.54, 1.807) is 19.1 Å². The Morgan fingerprint density at radius 2 is 1.96 bits per heavy atom. The van der Waals surface area contributed by atoms with Gasteiger partial charge >= 0.3 is 0 Å². The lowest BCUT2D eigenvalue weighted by atomic mass is 9.86. The standard InChI is InChI=1S/C22H34FN3O2/c1-17-14-18(5-6-20(17)23)15-22(28)26-8-7-21(19(16-26)4-3-13-27)25-11-9-24(2)10-12-25/h5-6,14,19,21,27H,3-4,7-13,15-16H2,1-2H3/t19-,21+/m1/s1. The van der Waals surface area contributed by atoms with Crippen molar-refractivity contribution in [2.24, 2.45) is 5.92 Å². The maximum atomic E-state index is 13.5. The summed E-state index contributed by atoms with van der Waals surface area (Å²) in [6, 6.07) is 5.42. The quantitative estimate of drug-likeness (QED) is 0.805. The van der Waals surface area contributed by atoms with E-state index in [0.29, 0.717) is 23.9 Å². The van der Waals surface area contributed by atoms with Gasteiger partial charge in [0.25, 0.3) is 0 Å². The molecule has 1 N–H and O–H groups in total. The van der Waals surface area contributed by atoms with Crippen LogP contribution >= 0.6 is 0 Å². The number of nitrogens with zero attached hydrogens (tertiary/aromatic N) is 3. The third-order valence-corrected chi connectivity index (χ3v) is 6.36. The minimum Gasteiger partial charge on any atom is -0.396 e. The third-order valence-electron chi connectivity index (χ3n) is 6.36. The van der Waals surface area contributed by atoms with Crippen molar-refractivity contribution >= 4 is 5.91 Å². The lowest BCUT2D eigenvalue weighted by Crippen LogP contribution is -2.57. The number of carbonyl (C=O) groups excluding carboxylic acids is 1. The normalized spacial score (nSPS) is 24.5. The number of hydrogen-bond donors (Lipinski definition) is 1. The van der Waals surface area contributed by atoms with Crippen LogP contribution in [0.1, 0.15) is 30.4 Å². The molecule has 3 rings (SSSR count). The molecule has 2 saturated heterocycles. The van der Waals surface area contributed by atoms with Gasteiger partial charge in [-0.3, -0.25) is 9.69 Å². The van der Waals surface area contributed by atoms with Crippen LogP contribution in [0, 0.1) is 18.7 Å². The van der Waals surface area contributed by atoms with Crippen LogP contribution in [0.15, 0.2) is 18.2 Å². The predicted molar refractivity (Wildman–Crippen MR) is 109 cm³/mol. The summed E-state index contributed by atoms with van der Waals surface area (Å²) in [7, 11) is 2.17.